The summed E-state index contributed by atoms with van der Waals surface area (Å²) in [6, 6.07) is 3.77. The van der Waals surface area contributed by atoms with E-state index in [0.29, 0.717) is 5.69 Å². The molecule has 0 amide bonds. The van der Waals surface area contributed by atoms with E-state index in [2.05, 4.69) is 4.98 Å². The van der Waals surface area contributed by atoms with Crippen LogP contribution in [0.5, 0.6) is 0 Å². The largest absolute Gasteiger partial charge is 0.390 e. The summed E-state index contributed by atoms with van der Waals surface area (Å²) in [4.78, 5) is 4.04. The van der Waals surface area contributed by atoms with E-state index in [1.165, 1.54) is 0 Å². The van der Waals surface area contributed by atoms with Gasteiger partial charge in [0.1, 0.15) is 0 Å². The molecule has 66 valence electrons. The van der Waals surface area contributed by atoms with Gasteiger partial charge < -0.3 is 10.8 Å². The van der Waals surface area contributed by atoms with Crippen molar-refractivity contribution in [1.29, 1.82) is 0 Å². The first kappa shape index (κ1) is 9.16. The molecule has 0 radical (unpaired) electrons. The molecule has 3 nitrogen and oxygen atoms in total. The predicted octanol–water partition coefficient (Wildman–Crippen LogP) is 0.984. The maximum atomic E-state index is 8.73. The molecule has 0 aromatic carbocycles. The molecule has 0 bridgehead atoms. The van der Waals surface area contributed by atoms with E-state index in [9.17, 15) is 0 Å². The molecule has 3 N–H and O–H groups in total. The third-order valence-corrected chi connectivity index (χ3v) is 1.88. The predicted molar refractivity (Wildman–Crippen MR) is 47.4 cm³/mol. The van der Waals surface area contributed by atoms with Gasteiger partial charge in [0.05, 0.1) is 12.3 Å². The minimum Gasteiger partial charge on any atom is -0.390 e. The van der Waals surface area contributed by atoms with Crippen LogP contribution < -0.4 is 5.73 Å². The molecule has 0 saturated carbocycles. The van der Waals surface area contributed by atoms with Crippen molar-refractivity contribution in [3.05, 3.63) is 29.6 Å². The second kappa shape index (κ2) is 4.18. The maximum absolute atomic E-state index is 8.73. The van der Waals surface area contributed by atoms with Crippen LogP contribution in [0.25, 0.3) is 0 Å². The Kier molecular flexibility index (Phi) is 3.19. The minimum absolute atomic E-state index is 0.0123. The molecule has 1 rings (SSSR count). The fraction of sp³-hybridized carbons (Fsp3) is 0.444. The summed E-state index contributed by atoms with van der Waals surface area (Å²) in [5.74, 6) is 0. The smallest absolute Gasteiger partial charge is 0.0852 e. The van der Waals surface area contributed by atoms with E-state index >= 15 is 0 Å². The summed E-state index contributed by atoms with van der Waals surface area (Å²) in [5.41, 5.74) is 7.49. The van der Waals surface area contributed by atoms with E-state index in [1.807, 2.05) is 13.0 Å². The van der Waals surface area contributed by atoms with Crippen LogP contribution in [0.3, 0.4) is 0 Å². The third kappa shape index (κ3) is 2.03. The topological polar surface area (TPSA) is 59.1 Å². The van der Waals surface area contributed by atoms with Crippen LogP contribution in [0.2, 0.25) is 0 Å². The summed E-state index contributed by atoms with van der Waals surface area (Å²) in [7, 11) is 0. The maximum Gasteiger partial charge on any atom is 0.0852 e. The summed E-state index contributed by atoms with van der Waals surface area (Å²) < 4.78 is 0. The Morgan fingerprint density at radius 3 is 2.75 bits per heavy atom. The summed E-state index contributed by atoms with van der Waals surface area (Å²) >= 11 is 0. The lowest BCUT2D eigenvalue weighted by molar-refractivity contribution is 0.277. The molecule has 0 saturated heterocycles. The van der Waals surface area contributed by atoms with Gasteiger partial charge in [0.25, 0.3) is 0 Å². The molecule has 1 atom stereocenters. The van der Waals surface area contributed by atoms with Crippen LogP contribution in [-0.4, -0.2) is 10.1 Å². The molecular formula is C9H14N2O. The molecule has 12 heavy (non-hydrogen) atoms. The number of hydrogen-bond donors (Lipinski definition) is 2. The first-order valence-electron chi connectivity index (χ1n) is 4.09. The molecule has 3 heteroatoms. The molecule has 0 aliphatic heterocycles. The summed E-state index contributed by atoms with van der Waals surface area (Å²) in [6.07, 6.45) is 2.62. The van der Waals surface area contributed by atoms with Crippen LogP contribution in [0.1, 0.15) is 30.6 Å². The van der Waals surface area contributed by atoms with Gasteiger partial charge in [0.15, 0.2) is 0 Å². The van der Waals surface area contributed by atoms with Gasteiger partial charge in [-0.3, -0.25) is 4.98 Å². The first-order chi connectivity index (χ1) is 5.77. The molecule has 1 heterocycles. The quantitative estimate of drug-likeness (QED) is 0.703. The Labute approximate surface area is 72.2 Å². The Morgan fingerprint density at radius 2 is 2.33 bits per heavy atom. The number of aliphatic hydroxyl groups is 1. The standard InChI is InChI=1S/C9H14N2O/c1-2-9(10)7-3-4-8(6-12)11-5-7/h3-5,9,12H,2,6,10H2,1H3. The summed E-state index contributed by atoms with van der Waals surface area (Å²) in [6.45, 7) is 2.02. The second-order valence-corrected chi connectivity index (χ2v) is 2.76. The van der Waals surface area contributed by atoms with Gasteiger partial charge in [0.2, 0.25) is 0 Å². The molecule has 0 aliphatic rings. The number of hydrogen-bond acceptors (Lipinski definition) is 3. The van der Waals surface area contributed by atoms with Crippen molar-refractivity contribution in [2.24, 2.45) is 5.73 Å². The van der Waals surface area contributed by atoms with E-state index in [4.69, 9.17) is 10.8 Å². The normalized spacial score (nSPS) is 12.9. The van der Waals surface area contributed by atoms with Crippen LogP contribution >= 0.6 is 0 Å². The Morgan fingerprint density at radius 1 is 1.58 bits per heavy atom. The molecule has 0 fully saturated rings. The molecule has 0 spiro atoms. The van der Waals surface area contributed by atoms with Gasteiger partial charge in [-0.1, -0.05) is 13.0 Å². The van der Waals surface area contributed by atoms with Crippen molar-refractivity contribution in [3.63, 3.8) is 0 Å². The minimum atomic E-state index is -0.0123. The number of nitrogens with zero attached hydrogens (tertiary/aromatic N) is 1. The van der Waals surface area contributed by atoms with Crippen molar-refractivity contribution in [2.45, 2.75) is 26.0 Å². The Balaban J connectivity index is 2.77. The zero-order valence-electron chi connectivity index (χ0n) is 7.20. The van der Waals surface area contributed by atoms with E-state index in [1.54, 1.807) is 12.3 Å². The fourth-order valence-electron chi connectivity index (χ4n) is 0.984. The van der Waals surface area contributed by atoms with Crippen molar-refractivity contribution < 1.29 is 5.11 Å². The van der Waals surface area contributed by atoms with Crippen molar-refractivity contribution >= 4 is 0 Å². The Hall–Kier alpha value is -0.930. The van der Waals surface area contributed by atoms with E-state index in [-0.39, 0.29) is 12.6 Å². The Bertz CT molecular complexity index is 233. The van der Waals surface area contributed by atoms with Crippen molar-refractivity contribution in [2.75, 3.05) is 0 Å². The SMILES string of the molecule is CCC(N)c1ccc(CO)nc1. The fourth-order valence-corrected chi connectivity index (χ4v) is 0.984. The summed E-state index contributed by atoms with van der Waals surface area (Å²) in [5, 5.41) is 8.73. The lowest BCUT2D eigenvalue weighted by atomic mass is 10.1. The van der Waals surface area contributed by atoms with Crippen molar-refractivity contribution in [3.8, 4) is 0 Å². The third-order valence-electron chi connectivity index (χ3n) is 1.88. The highest BCUT2D eigenvalue weighted by molar-refractivity contribution is 5.16. The van der Waals surface area contributed by atoms with Gasteiger partial charge in [-0.25, -0.2) is 0 Å². The average molecular weight is 166 g/mol. The highest BCUT2D eigenvalue weighted by atomic mass is 16.3. The first-order valence-corrected chi connectivity index (χ1v) is 4.09. The molecule has 0 aliphatic carbocycles. The van der Waals surface area contributed by atoms with Crippen molar-refractivity contribution in [1.82, 2.24) is 4.98 Å². The number of aliphatic hydroxyl groups excluding tert-OH is 1. The lowest BCUT2D eigenvalue weighted by Gasteiger charge is -2.08. The number of nitrogens with two attached hydrogens (primary N) is 1. The van der Waals surface area contributed by atoms with Gasteiger partial charge >= 0.3 is 0 Å². The molecular weight excluding hydrogens is 152 g/mol. The highest BCUT2D eigenvalue weighted by Gasteiger charge is 2.02. The van der Waals surface area contributed by atoms with E-state index < -0.39 is 0 Å². The van der Waals surface area contributed by atoms with Crippen LogP contribution in [-0.2, 0) is 6.61 Å². The van der Waals surface area contributed by atoms with Gasteiger partial charge in [-0.2, -0.15) is 0 Å². The lowest BCUT2D eigenvalue weighted by Crippen LogP contribution is -2.09. The zero-order valence-corrected chi connectivity index (χ0v) is 7.20. The number of pyridine rings is 1. The zero-order chi connectivity index (χ0) is 8.97. The number of rotatable bonds is 3. The van der Waals surface area contributed by atoms with Gasteiger partial charge in [-0.05, 0) is 18.1 Å². The van der Waals surface area contributed by atoms with Gasteiger partial charge in [-0.15, -0.1) is 0 Å². The number of aromatic nitrogens is 1. The van der Waals surface area contributed by atoms with E-state index in [0.717, 1.165) is 12.0 Å². The highest BCUT2D eigenvalue weighted by Crippen LogP contribution is 2.11. The molecule has 1 aromatic rings. The average Bonchev–Trinajstić information content (AvgIpc) is 2.17. The van der Waals surface area contributed by atoms with Gasteiger partial charge in [0, 0.05) is 12.2 Å². The second-order valence-electron chi connectivity index (χ2n) is 2.76. The monoisotopic (exact) mass is 166 g/mol. The molecule has 1 unspecified atom stereocenters. The van der Waals surface area contributed by atoms with Crippen LogP contribution in [0.4, 0.5) is 0 Å². The van der Waals surface area contributed by atoms with Crippen LogP contribution in [0, 0.1) is 0 Å². The van der Waals surface area contributed by atoms with Crippen LogP contribution in [0.15, 0.2) is 18.3 Å². The molecule has 1 aromatic heterocycles.